The Balaban J connectivity index is 2.61. The van der Waals surface area contributed by atoms with Crippen LogP contribution >= 0.6 is 0 Å². The molecular formula is C10H14F3. The summed E-state index contributed by atoms with van der Waals surface area (Å²) >= 11 is 0. The van der Waals surface area contributed by atoms with Crippen LogP contribution in [-0.4, -0.2) is 6.18 Å². The van der Waals surface area contributed by atoms with Gasteiger partial charge in [-0.2, -0.15) is 13.2 Å². The quantitative estimate of drug-likeness (QED) is 0.581. The van der Waals surface area contributed by atoms with E-state index in [1.807, 2.05) is 0 Å². The molecule has 1 aliphatic rings. The molecule has 0 aromatic carbocycles. The maximum Gasteiger partial charge on any atom is 0.392 e. The van der Waals surface area contributed by atoms with Gasteiger partial charge in [-0.3, -0.25) is 0 Å². The highest BCUT2D eigenvalue weighted by Gasteiger charge is 2.44. The second kappa shape index (κ2) is 4.16. The van der Waals surface area contributed by atoms with Crippen LogP contribution in [0.1, 0.15) is 32.1 Å². The third-order valence-corrected chi connectivity index (χ3v) is 2.54. The van der Waals surface area contributed by atoms with E-state index in [-0.39, 0.29) is 6.42 Å². The molecule has 1 saturated carbocycles. The second-order valence-electron chi connectivity index (χ2n) is 3.49. The first-order chi connectivity index (χ1) is 6.05. The van der Waals surface area contributed by atoms with Crippen LogP contribution in [-0.2, 0) is 0 Å². The van der Waals surface area contributed by atoms with Crippen LogP contribution in [0.25, 0.3) is 0 Å². The summed E-state index contributed by atoms with van der Waals surface area (Å²) in [5.74, 6) is -0.548. The van der Waals surface area contributed by atoms with Crippen LogP contribution in [0.3, 0.4) is 0 Å². The van der Waals surface area contributed by atoms with E-state index in [4.69, 9.17) is 0 Å². The summed E-state index contributed by atoms with van der Waals surface area (Å²) in [6, 6.07) is 0. The van der Waals surface area contributed by atoms with E-state index in [9.17, 15) is 13.2 Å². The summed E-state index contributed by atoms with van der Waals surface area (Å²) in [5, 5.41) is 0. The molecule has 0 aromatic rings. The Kier molecular flexibility index (Phi) is 3.40. The molecule has 0 aliphatic heterocycles. The highest BCUT2D eigenvalue weighted by molar-refractivity contribution is 5.05. The zero-order valence-electron chi connectivity index (χ0n) is 7.53. The molecule has 0 bridgehead atoms. The lowest BCUT2D eigenvalue weighted by Crippen LogP contribution is -2.31. The molecule has 0 N–H and O–H groups in total. The van der Waals surface area contributed by atoms with Crippen molar-refractivity contribution in [3.63, 3.8) is 0 Å². The Labute approximate surface area is 76.8 Å². The van der Waals surface area contributed by atoms with Gasteiger partial charge < -0.3 is 0 Å². The summed E-state index contributed by atoms with van der Waals surface area (Å²) in [5.41, 5.74) is 0. The number of allylic oxidation sites excluding steroid dienone is 1. The van der Waals surface area contributed by atoms with E-state index in [1.54, 1.807) is 6.08 Å². The minimum absolute atomic E-state index is 0.271. The number of rotatable bonds is 2. The Morgan fingerprint density at radius 2 is 2.08 bits per heavy atom. The number of halogens is 3. The van der Waals surface area contributed by atoms with E-state index in [0.29, 0.717) is 25.2 Å². The van der Waals surface area contributed by atoms with Gasteiger partial charge in [0.2, 0.25) is 0 Å². The minimum atomic E-state index is -4.04. The van der Waals surface area contributed by atoms with Gasteiger partial charge in [-0.15, -0.1) is 6.58 Å². The Morgan fingerprint density at radius 1 is 1.38 bits per heavy atom. The highest BCUT2D eigenvalue weighted by atomic mass is 19.4. The standard InChI is InChI=1S/C10H14F3/c1-2-5-8-6-3-4-7-9(8)10(11,12)13/h2,9H,1,3-7H2. The minimum Gasteiger partial charge on any atom is -0.171 e. The molecule has 1 atom stereocenters. The summed E-state index contributed by atoms with van der Waals surface area (Å²) in [4.78, 5) is 0. The first-order valence-electron chi connectivity index (χ1n) is 4.58. The molecule has 75 valence electrons. The van der Waals surface area contributed by atoms with Gasteiger partial charge in [0.05, 0.1) is 5.92 Å². The molecule has 3 heteroatoms. The maximum atomic E-state index is 12.5. The zero-order valence-corrected chi connectivity index (χ0v) is 7.53. The molecule has 0 amide bonds. The van der Waals surface area contributed by atoms with E-state index >= 15 is 0 Å². The molecule has 1 unspecified atom stereocenters. The molecule has 0 spiro atoms. The topological polar surface area (TPSA) is 0 Å². The predicted molar refractivity (Wildman–Crippen MR) is 46.1 cm³/mol. The smallest absolute Gasteiger partial charge is 0.171 e. The van der Waals surface area contributed by atoms with Crippen molar-refractivity contribution in [2.45, 2.75) is 38.3 Å². The number of hydrogen-bond acceptors (Lipinski definition) is 0. The number of alkyl halides is 3. The first-order valence-corrected chi connectivity index (χ1v) is 4.58. The molecule has 0 saturated heterocycles. The highest BCUT2D eigenvalue weighted by Crippen LogP contribution is 2.44. The fourth-order valence-corrected chi connectivity index (χ4v) is 1.90. The molecule has 1 radical (unpaired) electrons. The fraction of sp³-hybridized carbons (Fsp3) is 0.700. The summed E-state index contributed by atoms with van der Waals surface area (Å²) in [7, 11) is 0. The van der Waals surface area contributed by atoms with Gasteiger partial charge in [0.15, 0.2) is 0 Å². The average Bonchev–Trinajstić information content (AvgIpc) is 2.04. The third kappa shape index (κ3) is 2.75. The van der Waals surface area contributed by atoms with Gasteiger partial charge in [0.25, 0.3) is 0 Å². The molecular weight excluding hydrogens is 177 g/mol. The van der Waals surface area contributed by atoms with Gasteiger partial charge in [0, 0.05) is 0 Å². The second-order valence-corrected chi connectivity index (χ2v) is 3.49. The van der Waals surface area contributed by atoms with Crippen LogP contribution in [0.4, 0.5) is 13.2 Å². The predicted octanol–water partition coefficient (Wildman–Crippen LogP) is 3.89. The van der Waals surface area contributed by atoms with Crippen molar-refractivity contribution in [3.05, 3.63) is 18.6 Å². The Morgan fingerprint density at radius 3 is 2.62 bits per heavy atom. The SMILES string of the molecule is C=CC[C]1CCCCC1C(F)(F)F. The van der Waals surface area contributed by atoms with E-state index in [2.05, 4.69) is 6.58 Å². The van der Waals surface area contributed by atoms with Crippen LogP contribution < -0.4 is 0 Å². The normalized spacial score (nSPS) is 25.9. The first kappa shape index (κ1) is 10.6. The van der Waals surface area contributed by atoms with Gasteiger partial charge in [-0.1, -0.05) is 18.9 Å². The Hall–Kier alpha value is -0.470. The van der Waals surface area contributed by atoms with Crippen molar-refractivity contribution in [1.82, 2.24) is 0 Å². The molecule has 1 fully saturated rings. The maximum absolute atomic E-state index is 12.5. The molecule has 0 nitrogen and oxygen atoms in total. The van der Waals surface area contributed by atoms with Crippen LogP contribution in [0.2, 0.25) is 0 Å². The summed E-state index contributed by atoms with van der Waals surface area (Å²) < 4.78 is 37.4. The van der Waals surface area contributed by atoms with Crippen LogP contribution in [0, 0.1) is 11.8 Å². The molecule has 13 heavy (non-hydrogen) atoms. The van der Waals surface area contributed by atoms with Gasteiger partial charge >= 0.3 is 6.18 Å². The van der Waals surface area contributed by atoms with Crippen molar-refractivity contribution >= 4 is 0 Å². The van der Waals surface area contributed by atoms with Crippen LogP contribution in [0.15, 0.2) is 12.7 Å². The lowest BCUT2D eigenvalue weighted by molar-refractivity contribution is -0.175. The van der Waals surface area contributed by atoms with Crippen molar-refractivity contribution in [2.24, 2.45) is 5.92 Å². The molecule has 0 aromatic heterocycles. The van der Waals surface area contributed by atoms with E-state index in [1.165, 1.54) is 0 Å². The molecule has 1 aliphatic carbocycles. The zero-order chi connectivity index (χ0) is 9.90. The van der Waals surface area contributed by atoms with Gasteiger partial charge in [0.1, 0.15) is 0 Å². The average molecular weight is 191 g/mol. The number of hydrogen-bond donors (Lipinski definition) is 0. The Bertz CT molecular complexity index is 171. The summed E-state index contributed by atoms with van der Waals surface area (Å²) in [6.07, 6.45) is 0.436. The summed E-state index contributed by atoms with van der Waals surface area (Å²) in [6.45, 7) is 3.48. The largest absolute Gasteiger partial charge is 0.392 e. The van der Waals surface area contributed by atoms with Crippen molar-refractivity contribution in [1.29, 1.82) is 0 Å². The lowest BCUT2D eigenvalue weighted by Gasteiger charge is -2.31. The monoisotopic (exact) mass is 191 g/mol. The molecule has 1 rings (SSSR count). The van der Waals surface area contributed by atoms with Gasteiger partial charge in [-0.05, 0) is 25.2 Å². The van der Waals surface area contributed by atoms with Crippen molar-refractivity contribution in [3.8, 4) is 0 Å². The van der Waals surface area contributed by atoms with E-state index < -0.39 is 12.1 Å². The van der Waals surface area contributed by atoms with Crippen LogP contribution in [0.5, 0.6) is 0 Å². The van der Waals surface area contributed by atoms with Gasteiger partial charge in [-0.25, -0.2) is 0 Å². The van der Waals surface area contributed by atoms with Crippen molar-refractivity contribution < 1.29 is 13.2 Å². The fourth-order valence-electron chi connectivity index (χ4n) is 1.90. The van der Waals surface area contributed by atoms with Crippen molar-refractivity contribution in [2.75, 3.05) is 0 Å². The third-order valence-electron chi connectivity index (χ3n) is 2.54. The van der Waals surface area contributed by atoms with E-state index in [0.717, 1.165) is 6.42 Å². The molecule has 0 heterocycles. The lowest BCUT2D eigenvalue weighted by atomic mass is 9.77.